The lowest BCUT2D eigenvalue weighted by Gasteiger charge is -2.43. The maximum absolute atomic E-state index is 10.7. The van der Waals surface area contributed by atoms with E-state index in [-0.39, 0.29) is 6.61 Å². The Labute approximate surface area is 245 Å². The zero-order chi connectivity index (χ0) is 30.1. The Balaban J connectivity index is 1.66. The molecule has 0 unspecified atom stereocenters. The fraction of sp³-hybridized carbons (Fsp3) is 0.933. The summed E-state index contributed by atoms with van der Waals surface area (Å²) in [5, 5.41) is 70.5. The molecular weight excluding hydrogens is 536 g/mol. The summed E-state index contributed by atoms with van der Waals surface area (Å²) in [6.45, 7) is 0.965. The minimum Gasteiger partial charge on any atom is -0.394 e. The van der Waals surface area contributed by atoms with Crippen LogP contribution in [-0.2, 0) is 18.9 Å². The Kier molecular flexibility index (Phi) is 18.1. The molecule has 0 amide bonds. The van der Waals surface area contributed by atoms with Gasteiger partial charge in [-0.25, -0.2) is 0 Å². The molecule has 242 valence electrons. The summed E-state index contributed by atoms with van der Waals surface area (Å²) in [4.78, 5) is 0. The van der Waals surface area contributed by atoms with E-state index in [4.69, 9.17) is 18.9 Å². The molecule has 0 aromatic rings. The van der Waals surface area contributed by atoms with Crippen LogP contribution in [0.4, 0.5) is 0 Å². The highest BCUT2D eigenvalue weighted by molar-refractivity contribution is 4.98. The lowest BCUT2D eigenvalue weighted by atomic mass is 9.99. The van der Waals surface area contributed by atoms with Crippen molar-refractivity contribution in [2.24, 2.45) is 0 Å². The molecule has 11 nitrogen and oxygen atoms in total. The van der Waals surface area contributed by atoms with Crippen LogP contribution < -0.4 is 0 Å². The van der Waals surface area contributed by atoms with Crippen LogP contribution in [0.2, 0.25) is 0 Å². The minimum absolute atomic E-state index is 0.330. The number of hydrogen-bond acceptors (Lipinski definition) is 11. The first-order valence-electron chi connectivity index (χ1n) is 15.7. The average Bonchev–Trinajstić information content (AvgIpc) is 3.21. The zero-order valence-corrected chi connectivity index (χ0v) is 24.8. The van der Waals surface area contributed by atoms with Gasteiger partial charge < -0.3 is 54.7 Å². The van der Waals surface area contributed by atoms with Crippen LogP contribution in [0.3, 0.4) is 0 Å². The van der Waals surface area contributed by atoms with Crippen molar-refractivity contribution in [3.63, 3.8) is 0 Å². The maximum atomic E-state index is 10.7. The Morgan fingerprint density at radius 1 is 0.659 bits per heavy atom. The second-order valence-corrected chi connectivity index (χ2v) is 11.4. The van der Waals surface area contributed by atoms with Crippen LogP contribution in [0.15, 0.2) is 12.2 Å². The van der Waals surface area contributed by atoms with Crippen molar-refractivity contribution in [1.82, 2.24) is 0 Å². The lowest BCUT2D eigenvalue weighted by Crippen LogP contribution is -2.62. The Hall–Kier alpha value is -0.700. The highest BCUT2D eigenvalue weighted by Crippen LogP contribution is 2.36. The predicted molar refractivity (Wildman–Crippen MR) is 152 cm³/mol. The number of aliphatic hydroxyl groups excluding tert-OH is 7. The topological polar surface area (TPSA) is 179 Å². The third-order valence-corrected chi connectivity index (χ3v) is 7.95. The molecule has 2 aliphatic heterocycles. The first-order chi connectivity index (χ1) is 19.8. The van der Waals surface area contributed by atoms with E-state index in [9.17, 15) is 35.7 Å². The summed E-state index contributed by atoms with van der Waals surface area (Å²) in [5.74, 6) is -2.01. The predicted octanol–water partition coefficient (Wildman–Crippen LogP) is 1.67. The van der Waals surface area contributed by atoms with Crippen LogP contribution >= 0.6 is 0 Å². The van der Waals surface area contributed by atoms with Gasteiger partial charge in [0.2, 0.25) is 5.79 Å². The van der Waals surface area contributed by atoms with Crippen LogP contribution in [0.5, 0.6) is 0 Å². The second-order valence-electron chi connectivity index (χ2n) is 11.4. The Morgan fingerprint density at radius 3 is 1.78 bits per heavy atom. The first-order valence-corrected chi connectivity index (χ1v) is 15.7. The smallest absolute Gasteiger partial charge is 0.224 e. The van der Waals surface area contributed by atoms with Crippen molar-refractivity contribution in [2.45, 2.75) is 152 Å². The molecule has 2 rings (SSSR count). The third kappa shape index (κ3) is 11.7. The Morgan fingerprint density at radius 2 is 1.22 bits per heavy atom. The number of hydrogen-bond donors (Lipinski definition) is 7. The van der Waals surface area contributed by atoms with Gasteiger partial charge in [0.05, 0.1) is 13.2 Å². The minimum atomic E-state index is -2.01. The molecule has 0 bridgehead atoms. The zero-order valence-electron chi connectivity index (χ0n) is 24.8. The highest BCUT2D eigenvalue weighted by Gasteiger charge is 2.58. The van der Waals surface area contributed by atoms with Gasteiger partial charge in [0, 0.05) is 6.61 Å². The Bertz CT molecular complexity index is 693. The number of unbranched alkanes of at least 4 members (excludes halogenated alkanes) is 12. The molecule has 9 atom stereocenters. The van der Waals surface area contributed by atoms with E-state index in [2.05, 4.69) is 19.1 Å². The fourth-order valence-corrected chi connectivity index (χ4v) is 5.28. The third-order valence-electron chi connectivity index (χ3n) is 7.95. The summed E-state index contributed by atoms with van der Waals surface area (Å²) in [6, 6.07) is 0. The standard InChI is InChI=1S/C30H56O11/c1-2-3-4-5-6-7-8-9-10-11-12-13-14-15-16-17-18-38-21-30(28(37)25(34)23(20-32)40-30)41-29-27(36)26(35)24(33)22(19-31)39-29/h9-10,22-29,31-37H,2-8,11-21H2,1H3/t22-,23-,24-,25-,26+,27-,28+,29-,30+/m1/s1. The molecule has 2 heterocycles. The molecule has 0 spiro atoms. The van der Waals surface area contributed by atoms with Crippen molar-refractivity contribution < 1.29 is 54.7 Å². The van der Waals surface area contributed by atoms with Gasteiger partial charge in [-0.3, -0.25) is 0 Å². The van der Waals surface area contributed by atoms with Gasteiger partial charge >= 0.3 is 0 Å². The number of ether oxygens (including phenoxy) is 4. The van der Waals surface area contributed by atoms with Gasteiger partial charge in [-0.2, -0.15) is 0 Å². The van der Waals surface area contributed by atoms with Gasteiger partial charge in [-0.15, -0.1) is 0 Å². The SMILES string of the molecule is CCCCCCCCC=CCCCCCCCCOC[C@@]1(O[C@H]2O[C@H](CO)[C@@H](O)[C@H](O)[C@H]2O)O[C@H](CO)[C@@H](O)[C@@H]1O. The summed E-state index contributed by atoms with van der Waals surface area (Å²) < 4.78 is 22.5. The largest absolute Gasteiger partial charge is 0.394 e. The molecule has 7 N–H and O–H groups in total. The molecule has 11 heteroatoms. The van der Waals surface area contributed by atoms with Crippen LogP contribution in [0.25, 0.3) is 0 Å². The van der Waals surface area contributed by atoms with Crippen LogP contribution in [0, 0.1) is 0 Å². The monoisotopic (exact) mass is 592 g/mol. The highest BCUT2D eigenvalue weighted by atomic mass is 16.8. The number of aliphatic hydroxyl groups is 7. The maximum Gasteiger partial charge on any atom is 0.224 e. The summed E-state index contributed by atoms with van der Waals surface area (Å²) in [7, 11) is 0. The number of allylic oxidation sites excluding steroid dienone is 2. The summed E-state index contributed by atoms with van der Waals surface area (Å²) >= 11 is 0. The van der Waals surface area contributed by atoms with E-state index < -0.39 is 68.0 Å². The van der Waals surface area contributed by atoms with Crippen molar-refractivity contribution in [3.8, 4) is 0 Å². The molecule has 0 aromatic carbocycles. The average molecular weight is 593 g/mol. The van der Waals surface area contributed by atoms with E-state index in [0.717, 1.165) is 32.1 Å². The summed E-state index contributed by atoms with van der Waals surface area (Å²) in [6.07, 6.45) is 9.01. The lowest BCUT2D eigenvalue weighted by molar-refractivity contribution is -0.385. The molecule has 0 saturated carbocycles. The first kappa shape index (κ1) is 36.5. The van der Waals surface area contributed by atoms with Gasteiger partial charge in [-0.05, 0) is 32.1 Å². The van der Waals surface area contributed by atoms with E-state index in [1.54, 1.807) is 0 Å². The molecule has 0 aromatic heterocycles. The van der Waals surface area contributed by atoms with Gasteiger partial charge in [-0.1, -0.05) is 76.9 Å². The van der Waals surface area contributed by atoms with Crippen LogP contribution in [-0.4, -0.2) is 117 Å². The van der Waals surface area contributed by atoms with Crippen molar-refractivity contribution in [1.29, 1.82) is 0 Å². The fourth-order valence-electron chi connectivity index (χ4n) is 5.28. The van der Waals surface area contributed by atoms with E-state index in [0.29, 0.717) is 6.61 Å². The van der Waals surface area contributed by atoms with E-state index in [1.165, 1.54) is 57.8 Å². The molecule has 2 aliphatic rings. The molecular formula is C30H56O11. The van der Waals surface area contributed by atoms with Crippen molar-refractivity contribution >= 4 is 0 Å². The van der Waals surface area contributed by atoms with Crippen LogP contribution in [0.1, 0.15) is 96.8 Å². The molecule has 0 radical (unpaired) electrons. The second kappa shape index (κ2) is 20.3. The van der Waals surface area contributed by atoms with Gasteiger partial charge in [0.1, 0.15) is 49.3 Å². The van der Waals surface area contributed by atoms with Crippen molar-refractivity contribution in [2.75, 3.05) is 26.4 Å². The van der Waals surface area contributed by atoms with E-state index in [1.807, 2.05) is 0 Å². The normalized spacial score (nSPS) is 34.1. The quantitative estimate of drug-likeness (QED) is 0.0718. The molecule has 2 saturated heterocycles. The molecule has 41 heavy (non-hydrogen) atoms. The number of rotatable bonds is 22. The molecule has 0 aliphatic carbocycles. The summed E-state index contributed by atoms with van der Waals surface area (Å²) in [5.41, 5.74) is 0. The van der Waals surface area contributed by atoms with Crippen molar-refractivity contribution in [3.05, 3.63) is 12.2 Å². The molecule has 2 fully saturated rings. The van der Waals surface area contributed by atoms with E-state index >= 15 is 0 Å². The van der Waals surface area contributed by atoms with Gasteiger partial charge in [0.15, 0.2) is 6.29 Å². The van der Waals surface area contributed by atoms with Gasteiger partial charge in [0.25, 0.3) is 0 Å².